The molecular formula is C12H21N5O2. The zero-order valence-electron chi connectivity index (χ0n) is 11.7. The van der Waals surface area contributed by atoms with Gasteiger partial charge in [-0.2, -0.15) is 0 Å². The van der Waals surface area contributed by atoms with Gasteiger partial charge >= 0.3 is 0 Å². The van der Waals surface area contributed by atoms with Crippen LogP contribution in [0.25, 0.3) is 0 Å². The third-order valence-corrected chi connectivity index (χ3v) is 2.77. The predicted molar refractivity (Wildman–Crippen MR) is 76.4 cm³/mol. The number of hydrogen-bond donors (Lipinski definition) is 1. The number of hydrogen-bond acceptors (Lipinski definition) is 6. The fraction of sp³-hybridized carbons (Fsp3) is 0.583. The van der Waals surface area contributed by atoms with E-state index in [2.05, 4.69) is 9.88 Å². The summed E-state index contributed by atoms with van der Waals surface area (Å²) in [6.45, 7) is 4.48. The van der Waals surface area contributed by atoms with Crippen molar-refractivity contribution >= 4 is 17.3 Å². The average Bonchev–Trinajstić information content (AvgIpc) is 2.33. The van der Waals surface area contributed by atoms with Gasteiger partial charge in [0.2, 0.25) is 0 Å². The molecule has 0 unspecified atom stereocenters. The topological polar surface area (TPSA) is 88.5 Å². The lowest BCUT2D eigenvalue weighted by atomic mass is 10.3. The second-order valence-corrected chi connectivity index (χ2v) is 4.60. The van der Waals surface area contributed by atoms with Crippen molar-refractivity contribution in [2.45, 2.75) is 13.3 Å². The van der Waals surface area contributed by atoms with Crippen LogP contribution in [0.3, 0.4) is 0 Å². The summed E-state index contributed by atoms with van der Waals surface area (Å²) in [4.78, 5) is 18.6. The molecule has 19 heavy (non-hydrogen) atoms. The van der Waals surface area contributed by atoms with E-state index in [0.717, 1.165) is 26.1 Å². The Balaban J connectivity index is 2.82. The lowest BCUT2D eigenvalue weighted by Gasteiger charge is -2.22. The molecule has 0 aliphatic rings. The highest BCUT2D eigenvalue weighted by atomic mass is 16.6. The molecule has 0 fully saturated rings. The number of pyridine rings is 1. The number of rotatable bonds is 7. The monoisotopic (exact) mass is 267 g/mol. The predicted octanol–water partition coefficient (Wildman–Crippen LogP) is 1.35. The van der Waals surface area contributed by atoms with Crippen molar-refractivity contribution in [2.24, 2.45) is 0 Å². The first-order valence-corrected chi connectivity index (χ1v) is 6.25. The van der Waals surface area contributed by atoms with E-state index in [0.29, 0.717) is 5.82 Å². The molecule has 0 aliphatic heterocycles. The first-order chi connectivity index (χ1) is 8.93. The molecule has 1 aromatic rings. The Hall–Kier alpha value is -1.89. The van der Waals surface area contributed by atoms with Gasteiger partial charge < -0.3 is 15.5 Å². The SMILES string of the molecule is CCN(CCCN(C)C)c1cc([N+](=O)[O-])cc(N)n1. The molecule has 0 saturated carbocycles. The van der Waals surface area contributed by atoms with Gasteiger partial charge in [-0.25, -0.2) is 4.98 Å². The van der Waals surface area contributed by atoms with Crippen molar-refractivity contribution in [3.8, 4) is 0 Å². The molecule has 7 heteroatoms. The molecular weight excluding hydrogens is 246 g/mol. The highest BCUT2D eigenvalue weighted by molar-refractivity contribution is 5.54. The molecule has 0 amide bonds. The molecule has 0 radical (unpaired) electrons. The van der Waals surface area contributed by atoms with Gasteiger partial charge in [0.05, 0.1) is 17.1 Å². The van der Waals surface area contributed by atoms with Gasteiger partial charge in [0.15, 0.2) is 0 Å². The van der Waals surface area contributed by atoms with E-state index < -0.39 is 4.92 Å². The third-order valence-electron chi connectivity index (χ3n) is 2.77. The zero-order valence-corrected chi connectivity index (χ0v) is 11.7. The van der Waals surface area contributed by atoms with Crippen molar-refractivity contribution in [1.82, 2.24) is 9.88 Å². The normalized spacial score (nSPS) is 10.7. The molecule has 0 saturated heterocycles. The van der Waals surface area contributed by atoms with E-state index in [-0.39, 0.29) is 11.5 Å². The highest BCUT2D eigenvalue weighted by Crippen LogP contribution is 2.21. The molecule has 0 aromatic carbocycles. The molecule has 106 valence electrons. The van der Waals surface area contributed by atoms with E-state index in [4.69, 9.17) is 5.73 Å². The highest BCUT2D eigenvalue weighted by Gasteiger charge is 2.13. The Morgan fingerprint density at radius 3 is 2.58 bits per heavy atom. The summed E-state index contributed by atoms with van der Waals surface area (Å²) < 4.78 is 0. The van der Waals surface area contributed by atoms with E-state index >= 15 is 0 Å². The molecule has 2 N–H and O–H groups in total. The van der Waals surface area contributed by atoms with Crippen LogP contribution in [0.5, 0.6) is 0 Å². The van der Waals surface area contributed by atoms with Crippen LogP contribution in [0, 0.1) is 10.1 Å². The molecule has 1 rings (SSSR count). The maximum absolute atomic E-state index is 10.8. The molecule has 1 heterocycles. The second kappa shape index (κ2) is 6.89. The molecule has 0 aliphatic carbocycles. The number of nitrogen functional groups attached to an aromatic ring is 1. The molecule has 0 bridgehead atoms. The fourth-order valence-corrected chi connectivity index (χ4v) is 1.80. The number of nitro groups is 1. The van der Waals surface area contributed by atoms with Gasteiger partial charge in [0, 0.05) is 13.1 Å². The van der Waals surface area contributed by atoms with Crippen LogP contribution in [0.2, 0.25) is 0 Å². The Morgan fingerprint density at radius 2 is 2.05 bits per heavy atom. The number of anilines is 2. The minimum Gasteiger partial charge on any atom is -0.383 e. The number of nitrogens with zero attached hydrogens (tertiary/aromatic N) is 4. The van der Waals surface area contributed by atoms with Crippen molar-refractivity contribution in [1.29, 1.82) is 0 Å². The van der Waals surface area contributed by atoms with Gasteiger partial charge in [-0.1, -0.05) is 0 Å². The van der Waals surface area contributed by atoms with E-state index in [1.807, 2.05) is 25.9 Å². The van der Waals surface area contributed by atoms with E-state index in [1.54, 1.807) is 0 Å². The summed E-state index contributed by atoms with van der Waals surface area (Å²) in [5, 5.41) is 10.8. The first kappa shape index (κ1) is 15.2. The maximum atomic E-state index is 10.8. The van der Waals surface area contributed by atoms with Gasteiger partial charge in [-0.05, 0) is 34.0 Å². The van der Waals surface area contributed by atoms with Gasteiger partial charge in [-0.3, -0.25) is 10.1 Å². The minimum atomic E-state index is -0.449. The van der Waals surface area contributed by atoms with Gasteiger partial charge in [0.1, 0.15) is 11.6 Å². The average molecular weight is 267 g/mol. The van der Waals surface area contributed by atoms with Crippen LogP contribution >= 0.6 is 0 Å². The third kappa shape index (κ3) is 4.70. The smallest absolute Gasteiger partial charge is 0.276 e. The number of aromatic nitrogens is 1. The Morgan fingerprint density at radius 1 is 1.37 bits per heavy atom. The van der Waals surface area contributed by atoms with Crippen LogP contribution < -0.4 is 10.6 Å². The van der Waals surface area contributed by atoms with Gasteiger partial charge in [0.25, 0.3) is 5.69 Å². The zero-order chi connectivity index (χ0) is 14.4. The van der Waals surface area contributed by atoms with Gasteiger partial charge in [-0.15, -0.1) is 0 Å². The van der Waals surface area contributed by atoms with E-state index in [9.17, 15) is 10.1 Å². The first-order valence-electron chi connectivity index (χ1n) is 6.25. The minimum absolute atomic E-state index is 0.0199. The fourth-order valence-electron chi connectivity index (χ4n) is 1.80. The van der Waals surface area contributed by atoms with Crippen molar-refractivity contribution in [3.63, 3.8) is 0 Å². The van der Waals surface area contributed by atoms with Crippen LogP contribution in [0.1, 0.15) is 13.3 Å². The molecule has 0 atom stereocenters. The Labute approximate surface area is 113 Å². The lowest BCUT2D eigenvalue weighted by Crippen LogP contribution is -2.28. The van der Waals surface area contributed by atoms with E-state index in [1.165, 1.54) is 12.1 Å². The summed E-state index contributed by atoms with van der Waals surface area (Å²) in [5.41, 5.74) is 5.60. The summed E-state index contributed by atoms with van der Waals surface area (Å²) in [6, 6.07) is 2.74. The Bertz CT molecular complexity index is 436. The number of nitrogens with two attached hydrogens (primary N) is 1. The summed E-state index contributed by atoms with van der Waals surface area (Å²) >= 11 is 0. The summed E-state index contributed by atoms with van der Waals surface area (Å²) in [6.07, 6.45) is 0.963. The molecule has 0 spiro atoms. The summed E-state index contributed by atoms with van der Waals surface area (Å²) in [5.74, 6) is 0.739. The molecule has 1 aromatic heterocycles. The quantitative estimate of drug-likeness (QED) is 0.592. The van der Waals surface area contributed by atoms with Crippen LogP contribution in [0.4, 0.5) is 17.3 Å². The Kier molecular flexibility index (Phi) is 5.50. The largest absolute Gasteiger partial charge is 0.383 e. The summed E-state index contributed by atoms with van der Waals surface area (Å²) in [7, 11) is 4.03. The molecule has 7 nitrogen and oxygen atoms in total. The second-order valence-electron chi connectivity index (χ2n) is 4.60. The van der Waals surface area contributed by atoms with Crippen molar-refractivity contribution < 1.29 is 4.92 Å². The van der Waals surface area contributed by atoms with Crippen LogP contribution in [-0.4, -0.2) is 48.5 Å². The standard InChI is InChI=1S/C12H21N5O2/c1-4-16(7-5-6-15(2)3)12-9-10(17(18)19)8-11(13)14-12/h8-9H,4-7H2,1-3H3,(H2,13,14). The lowest BCUT2D eigenvalue weighted by molar-refractivity contribution is -0.384. The van der Waals surface area contributed by atoms with Crippen LogP contribution in [-0.2, 0) is 0 Å². The maximum Gasteiger partial charge on any atom is 0.276 e. The van der Waals surface area contributed by atoms with Crippen LogP contribution in [0.15, 0.2) is 12.1 Å². The van der Waals surface area contributed by atoms with Crippen molar-refractivity contribution in [2.75, 3.05) is 44.4 Å². The van der Waals surface area contributed by atoms with Crippen molar-refractivity contribution in [3.05, 3.63) is 22.2 Å².